The molecule has 20 heavy (non-hydrogen) atoms. The van der Waals surface area contributed by atoms with E-state index in [1.807, 2.05) is 0 Å². The van der Waals surface area contributed by atoms with Crippen LogP contribution in [0.15, 0.2) is 0 Å². The predicted octanol–water partition coefficient (Wildman–Crippen LogP) is 5.35. The van der Waals surface area contributed by atoms with Crippen LogP contribution in [0.25, 0.3) is 0 Å². The lowest BCUT2D eigenvalue weighted by atomic mass is 9.79. The van der Waals surface area contributed by atoms with Crippen molar-refractivity contribution in [2.45, 2.75) is 91.1 Å². The second kappa shape index (κ2) is 10.6. The van der Waals surface area contributed by atoms with Crippen molar-refractivity contribution >= 4 is 0 Å². The number of ether oxygens (including phenoxy) is 2. The lowest BCUT2D eigenvalue weighted by molar-refractivity contribution is -0.0646. The van der Waals surface area contributed by atoms with Crippen molar-refractivity contribution in [3.8, 4) is 0 Å². The standard InChI is InChI=1S/C18H36O2/c1-4-7-8-9-10-11-14-18(16-19-5-2)15-12-13-17(18)20-6-3/h17H,4-16H2,1-3H3. The molecule has 0 saturated heterocycles. The molecule has 0 aromatic carbocycles. The second-order valence-corrected chi connectivity index (χ2v) is 6.35. The van der Waals surface area contributed by atoms with Crippen LogP contribution in [0.5, 0.6) is 0 Å². The lowest BCUT2D eigenvalue weighted by Crippen LogP contribution is -2.37. The van der Waals surface area contributed by atoms with Gasteiger partial charge in [0.05, 0.1) is 12.7 Å². The number of unbranched alkanes of at least 4 members (excludes halogenated alkanes) is 5. The Kier molecular flexibility index (Phi) is 9.54. The molecule has 2 heteroatoms. The van der Waals surface area contributed by atoms with Gasteiger partial charge in [-0.15, -0.1) is 0 Å². The van der Waals surface area contributed by atoms with E-state index in [1.165, 1.54) is 64.2 Å². The third-order valence-electron chi connectivity index (χ3n) is 4.81. The average Bonchev–Trinajstić information content (AvgIpc) is 2.84. The molecule has 0 N–H and O–H groups in total. The van der Waals surface area contributed by atoms with Gasteiger partial charge in [-0.2, -0.15) is 0 Å². The highest BCUT2D eigenvalue weighted by molar-refractivity contribution is 4.93. The third kappa shape index (κ3) is 5.73. The van der Waals surface area contributed by atoms with E-state index in [0.29, 0.717) is 11.5 Å². The van der Waals surface area contributed by atoms with E-state index >= 15 is 0 Å². The van der Waals surface area contributed by atoms with E-state index in [4.69, 9.17) is 9.47 Å². The molecule has 0 bridgehead atoms. The molecule has 2 unspecified atom stereocenters. The first-order valence-corrected chi connectivity index (χ1v) is 8.98. The van der Waals surface area contributed by atoms with Crippen molar-refractivity contribution in [3.63, 3.8) is 0 Å². The Morgan fingerprint density at radius 3 is 2.40 bits per heavy atom. The monoisotopic (exact) mass is 284 g/mol. The van der Waals surface area contributed by atoms with Crippen molar-refractivity contribution < 1.29 is 9.47 Å². The molecular formula is C18H36O2. The molecule has 120 valence electrons. The van der Waals surface area contributed by atoms with E-state index in [1.54, 1.807) is 0 Å². The topological polar surface area (TPSA) is 18.5 Å². The predicted molar refractivity (Wildman–Crippen MR) is 86.2 cm³/mol. The smallest absolute Gasteiger partial charge is 0.0653 e. The molecule has 0 amide bonds. The van der Waals surface area contributed by atoms with Crippen LogP contribution >= 0.6 is 0 Å². The molecule has 0 spiro atoms. The van der Waals surface area contributed by atoms with E-state index in [2.05, 4.69) is 20.8 Å². The summed E-state index contributed by atoms with van der Waals surface area (Å²) in [5.41, 5.74) is 0.316. The van der Waals surface area contributed by atoms with Crippen LogP contribution in [0.1, 0.15) is 85.0 Å². The third-order valence-corrected chi connectivity index (χ3v) is 4.81. The molecule has 1 aliphatic rings. The Labute approximate surface area is 126 Å². The average molecular weight is 284 g/mol. The maximum absolute atomic E-state index is 6.03. The molecule has 0 aliphatic heterocycles. The van der Waals surface area contributed by atoms with Crippen molar-refractivity contribution in [2.75, 3.05) is 19.8 Å². The Morgan fingerprint density at radius 1 is 0.950 bits per heavy atom. The van der Waals surface area contributed by atoms with Gasteiger partial charge in [-0.25, -0.2) is 0 Å². The van der Waals surface area contributed by atoms with Gasteiger partial charge >= 0.3 is 0 Å². The SMILES string of the molecule is CCCCCCCCC1(COCC)CCCC1OCC. The Bertz CT molecular complexity index is 229. The van der Waals surface area contributed by atoms with Gasteiger partial charge in [0, 0.05) is 18.6 Å². The maximum atomic E-state index is 6.03. The first-order chi connectivity index (χ1) is 9.79. The molecule has 1 rings (SSSR count). The molecule has 0 aromatic heterocycles. The quantitative estimate of drug-likeness (QED) is 0.450. The van der Waals surface area contributed by atoms with Gasteiger partial charge < -0.3 is 9.47 Å². The molecule has 1 aliphatic carbocycles. The van der Waals surface area contributed by atoms with Crippen molar-refractivity contribution in [1.29, 1.82) is 0 Å². The molecule has 0 aromatic rings. The van der Waals surface area contributed by atoms with Gasteiger partial charge in [-0.1, -0.05) is 51.9 Å². The first-order valence-electron chi connectivity index (χ1n) is 8.98. The number of hydrogen-bond acceptors (Lipinski definition) is 2. The van der Waals surface area contributed by atoms with Crippen LogP contribution in [-0.2, 0) is 9.47 Å². The molecule has 1 saturated carbocycles. The minimum absolute atomic E-state index is 0.316. The zero-order chi connectivity index (χ0) is 14.7. The van der Waals surface area contributed by atoms with E-state index < -0.39 is 0 Å². The minimum Gasteiger partial charge on any atom is -0.381 e. The summed E-state index contributed by atoms with van der Waals surface area (Å²) < 4.78 is 11.8. The number of hydrogen-bond donors (Lipinski definition) is 0. The van der Waals surface area contributed by atoms with Crippen molar-refractivity contribution in [3.05, 3.63) is 0 Å². The minimum atomic E-state index is 0.316. The maximum Gasteiger partial charge on any atom is 0.0653 e. The molecule has 0 radical (unpaired) electrons. The van der Waals surface area contributed by atoms with Gasteiger partial charge in [-0.05, 0) is 33.1 Å². The highest BCUT2D eigenvalue weighted by Gasteiger charge is 2.43. The van der Waals surface area contributed by atoms with E-state index in [9.17, 15) is 0 Å². The van der Waals surface area contributed by atoms with Crippen molar-refractivity contribution in [1.82, 2.24) is 0 Å². The summed E-state index contributed by atoms with van der Waals surface area (Å²) in [5.74, 6) is 0. The van der Waals surface area contributed by atoms with Crippen LogP contribution in [-0.4, -0.2) is 25.9 Å². The fourth-order valence-corrected chi connectivity index (χ4v) is 3.65. The van der Waals surface area contributed by atoms with E-state index in [-0.39, 0.29) is 0 Å². The summed E-state index contributed by atoms with van der Waals surface area (Å²) >= 11 is 0. The first kappa shape index (κ1) is 18.0. The molecule has 1 fully saturated rings. The van der Waals surface area contributed by atoms with Crippen molar-refractivity contribution in [2.24, 2.45) is 5.41 Å². The lowest BCUT2D eigenvalue weighted by Gasteiger charge is -2.35. The zero-order valence-electron chi connectivity index (χ0n) is 14.1. The Morgan fingerprint density at radius 2 is 1.70 bits per heavy atom. The van der Waals surface area contributed by atoms with Gasteiger partial charge in [0.25, 0.3) is 0 Å². The summed E-state index contributed by atoms with van der Waals surface area (Å²) in [6.07, 6.45) is 13.8. The number of rotatable bonds is 12. The summed E-state index contributed by atoms with van der Waals surface area (Å²) in [7, 11) is 0. The van der Waals surface area contributed by atoms with Gasteiger partial charge in [0.2, 0.25) is 0 Å². The highest BCUT2D eigenvalue weighted by atomic mass is 16.5. The molecular weight excluding hydrogens is 248 g/mol. The summed E-state index contributed by atoms with van der Waals surface area (Å²) in [6, 6.07) is 0. The van der Waals surface area contributed by atoms with Crippen LogP contribution in [0.4, 0.5) is 0 Å². The fourth-order valence-electron chi connectivity index (χ4n) is 3.65. The van der Waals surface area contributed by atoms with E-state index in [0.717, 1.165) is 19.8 Å². The van der Waals surface area contributed by atoms with Gasteiger partial charge in [-0.3, -0.25) is 0 Å². The summed E-state index contributed by atoms with van der Waals surface area (Å²) in [4.78, 5) is 0. The normalized spacial score (nSPS) is 26.2. The van der Waals surface area contributed by atoms with Crippen LogP contribution in [0, 0.1) is 5.41 Å². The van der Waals surface area contributed by atoms with Crippen LogP contribution in [0.3, 0.4) is 0 Å². The zero-order valence-corrected chi connectivity index (χ0v) is 14.1. The van der Waals surface area contributed by atoms with Gasteiger partial charge in [0.15, 0.2) is 0 Å². The fraction of sp³-hybridized carbons (Fsp3) is 1.00. The summed E-state index contributed by atoms with van der Waals surface area (Å²) in [6.45, 7) is 9.08. The molecule has 2 nitrogen and oxygen atoms in total. The second-order valence-electron chi connectivity index (χ2n) is 6.35. The molecule has 2 atom stereocenters. The summed E-state index contributed by atoms with van der Waals surface area (Å²) in [5, 5.41) is 0. The Hall–Kier alpha value is -0.0800. The largest absolute Gasteiger partial charge is 0.381 e. The molecule has 0 heterocycles. The Balaban J connectivity index is 2.38. The van der Waals surface area contributed by atoms with Crippen LogP contribution in [0.2, 0.25) is 0 Å². The van der Waals surface area contributed by atoms with Crippen LogP contribution < -0.4 is 0 Å². The van der Waals surface area contributed by atoms with Gasteiger partial charge in [0.1, 0.15) is 0 Å². The highest BCUT2D eigenvalue weighted by Crippen LogP contribution is 2.44.